The van der Waals surface area contributed by atoms with Gasteiger partial charge >= 0.3 is 5.97 Å². The second kappa shape index (κ2) is 7.70. The molecule has 1 aromatic heterocycles. The average molecular weight is 417 g/mol. The van der Waals surface area contributed by atoms with Gasteiger partial charge in [0.05, 0.1) is 37.5 Å². The molecule has 6 nitrogen and oxygen atoms in total. The van der Waals surface area contributed by atoms with E-state index in [1.807, 2.05) is 24.3 Å². The Balaban J connectivity index is 2.15. The van der Waals surface area contributed by atoms with Crippen LogP contribution in [0.15, 0.2) is 40.9 Å². The molecule has 0 fully saturated rings. The first-order valence-corrected chi connectivity index (χ1v) is 8.71. The molecule has 0 bridgehead atoms. The molecule has 0 saturated heterocycles. The van der Waals surface area contributed by atoms with Crippen molar-refractivity contribution in [1.82, 2.24) is 9.78 Å². The highest BCUT2D eigenvalue weighted by Gasteiger charge is 2.21. The van der Waals surface area contributed by atoms with Crippen molar-refractivity contribution in [1.29, 1.82) is 0 Å². The molecular formula is C19H17BrN2O4. The third kappa shape index (κ3) is 3.35. The quantitative estimate of drug-likeness (QED) is 0.454. The lowest BCUT2D eigenvalue weighted by molar-refractivity contribution is -0.107. The molecule has 2 aromatic carbocycles. The number of aromatic nitrogens is 2. The van der Waals surface area contributed by atoms with Crippen LogP contribution in [0.1, 0.15) is 21.6 Å². The number of hydrogen-bond acceptors (Lipinski definition) is 5. The van der Waals surface area contributed by atoms with Crippen LogP contribution < -0.4 is 4.74 Å². The molecular weight excluding hydrogens is 400 g/mol. The van der Waals surface area contributed by atoms with Gasteiger partial charge in [0.15, 0.2) is 0 Å². The summed E-state index contributed by atoms with van der Waals surface area (Å²) in [7, 11) is 2.95. The first kappa shape index (κ1) is 18.1. The second-order valence-electron chi connectivity index (χ2n) is 5.63. The topological polar surface area (TPSA) is 70.4 Å². The highest BCUT2D eigenvalue weighted by Crippen LogP contribution is 2.31. The van der Waals surface area contributed by atoms with Gasteiger partial charge in [0.1, 0.15) is 12.0 Å². The van der Waals surface area contributed by atoms with E-state index in [-0.39, 0.29) is 6.42 Å². The molecule has 7 heteroatoms. The van der Waals surface area contributed by atoms with E-state index < -0.39 is 5.97 Å². The van der Waals surface area contributed by atoms with Crippen LogP contribution >= 0.6 is 15.9 Å². The van der Waals surface area contributed by atoms with Gasteiger partial charge in [-0.1, -0.05) is 12.1 Å². The third-order valence-electron chi connectivity index (χ3n) is 4.09. The Morgan fingerprint density at radius 2 is 1.92 bits per heavy atom. The number of carbonyl (C=O) groups excluding carboxylic acids is 2. The van der Waals surface area contributed by atoms with Crippen LogP contribution in [0.2, 0.25) is 0 Å². The van der Waals surface area contributed by atoms with Gasteiger partial charge in [-0.15, -0.1) is 0 Å². The van der Waals surface area contributed by atoms with Gasteiger partial charge < -0.3 is 14.3 Å². The predicted octanol–water partition coefficient (Wildman–Crippen LogP) is 3.38. The number of nitrogens with zero attached hydrogens (tertiary/aromatic N) is 2. The lowest BCUT2D eigenvalue weighted by Crippen LogP contribution is -2.04. The number of hydrogen-bond donors (Lipinski definition) is 0. The van der Waals surface area contributed by atoms with Crippen molar-refractivity contribution < 1.29 is 19.1 Å². The maximum atomic E-state index is 12.2. The molecule has 26 heavy (non-hydrogen) atoms. The predicted molar refractivity (Wildman–Crippen MR) is 101 cm³/mol. The molecule has 1 heterocycles. The Morgan fingerprint density at radius 3 is 2.54 bits per heavy atom. The monoisotopic (exact) mass is 416 g/mol. The van der Waals surface area contributed by atoms with Crippen molar-refractivity contribution in [2.75, 3.05) is 14.2 Å². The number of carbonyl (C=O) groups is 2. The van der Waals surface area contributed by atoms with Crippen molar-refractivity contribution in [2.24, 2.45) is 0 Å². The van der Waals surface area contributed by atoms with E-state index in [1.54, 1.807) is 23.9 Å². The Hall–Kier alpha value is -2.67. The summed E-state index contributed by atoms with van der Waals surface area (Å²) in [5, 5.41) is 5.20. The lowest BCUT2D eigenvalue weighted by Gasteiger charge is -2.08. The first-order chi connectivity index (χ1) is 12.6. The van der Waals surface area contributed by atoms with Crippen LogP contribution in [0.3, 0.4) is 0 Å². The van der Waals surface area contributed by atoms with Crippen molar-refractivity contribution in [3.63, 3.8) is 0 Å². The second-order valence-corrected chi connectivity index (χ2v) is 6.49. The molecule has 0 spiro atoms. The molecule has 0 aliphatic rings. The summed E-state index contributed by atoms with van der Waals surface area (Å²) in [6.45, 7) is 0.489. The summed E-state index contributed by atoms with van der Waals surface area (Å²) in [6.07, 6.45) is 0.897. The molecule has 0 saturated carbocycles. The molecule has 0 radical (unpaired) electrons. The number of halogens is 1. The van der Waals surface area contributed by atoms with Gasteiger partial charge in [0.2, 0.25) is 0 Å². The zero-order valence-electron chi connectivity index (χ0n) is 14.4. The van der Waals surface area contributed by atoms with Crippen molar-refractivity contribution in [3.05, 3.63) is 57.7 Å². The Kier molecular flexibility index (Phi) is 5.37. The zero-order valence-corrected chi connectivity index (χ0v) is 15.9. The molecule has 3 aromatic rings. The Labute approximate surface area is 158 Å². The van der Waals surface area contributed by atoms with Gasteiger partial charge in [0, 0.05) is 16.3 Å². The molecule has 3 rings (SSSR count). The van der Waals surface area contributed by atoms with Gasteiger partial charge in [-0.2, -0.15) is 5.10 Å². The van der Waals surface area contributed by atoms with E-state index in [1.165, 1.54) is 7.11 Å². The van der Waals surface area contributed by atoms with E-state index in [0.717, 1.165) is 27.6 Å². The molecule has 0 atom stereocenters. The minimum absolute atomic E-state index is 0.118. The zero-order chi connectivity index (χ0) is 18.7. The molecule has 0 aliphatic carbocycles. The molecule has 0 N–H and O–H groups in total. The highest BCUT2D eigenvalue weighted by atomic mass is 79.9. The van der Waals surface area contributed by atoms with Crippen LogP contribution in [-0.4, -0.2) is 36.3 Å². The summed E-state index contributed by atoms with van der Waals surface area (Å²) in [4.78, 5) is 23.3. The SMILES string of the molecule is COC(=O)c1ccc(Br)c2c1c(CC=O)nn2Cc1ccc(OC)cc1. The van der Waals surface area contributed by atoms with Crippen LogP contribution in [0, 0.1) is 0 Å². The summed E-state index contributed by atoms with van der Waals surface area (Å²) in [5.41, 5.74) is 2.71. The van der Waals surface area contributed by atoms with E-state index >= 15 is 0 Å². The van der Waals surface area contributed by atoms with Gasteiger partial charge in [-0.25, -0.2) is 4.79 Å². The van der Waals surface area contributed by atoms with E-state index in [2.05, 4.69) is 21.0 Å². The van der Waals surface area contributed by atoms with Crippen molar-refractivity contribution >= 4 is 39.1 Å². The van der Waals surface area contributed by atoms with E-state index in [4.69, 9.17) is 9.47 Å². The third-order valence-corrected chi connectivity index (χ3v) is 4.73. The maximum Gasteiger partial charge on any atom is 0.338 e. The number of ether oxygens (including phenoxy) is 2. The fourth-order valence-electron chi connectivity index (χ4n) is 2.88. The maximum absolute atomic E-state index is 12.2. The normalized spacial score (nSPS) is 10.7. The fourth-order valence-corrected chi connectivity index (χ4v) is 3.41. The van der Waals surface area contributed by atoms with Crippen LogP contribution in [0.4, 0.5) is 0 Å². The minimum Gasteiger partial charge on any atom is -0.497 e. The molecule has 0 amide bonds. The van der Waals surface area contributed by atoms with Crippen LogP contribution in [-0.2, 0) is 22.5 Å². The smallest absolute Gasteiger partial charge is 0.338 e. The summed E-state index contributed by atoms with van der Waals surface area (Å²) in [5.74, 6) is 0.313. The van der Waals surface area contributed by atoms with Crippen LogP contribution in [0.5, 0.6) is 5.75 Å². The summed E-state index contributed by atoms with van der Waals surface area (Å²) >= 11 is 3.53. The minimum atomic E-state index is -0.460. The van der Waals surface area contributed by atoms with Gasteiger partial charge in [-0.3, -0.25) is 4.68 Å². The van der Waals surface area contributed by atoms with Crippen molar-refractivity contribution in [2.45, 2.75) is 13.0 Å². The summed E-state index contributed by atoms with van der Waals surface area (Å²) in [6, 6.07) is 11.1. The molecule has 0 unspecified atom stereocenters. The lowest BCUT2D eigenvalue weighted by atomic mass is 10.1. The summed E-state index contributed by atoms with van der Waals surface area (Å²) < 4.78 is 12.6. The highest BCUT2D eigenvalue weighted by molar-refractivity contribution is 9.10. The van der Waals surface area contributed by atoms with Gasteiger partial charge in [0.25, 0.3) is 0 Å². The number of benzene rings is 2. The molecule has 0 aliphatic heterocycles. The first-order valence-electron chi connectivity index (χ1n) is 7.91. The number of esters is 1. The Bertz CT molecular complexity index is 964. The van der Waals surface area contributed by atoms with Crippen molar-refractivity contribution in [3.8, 4) is 5.75 Å². The number of fused-ring (bicyclic) bond motifs is 1. The average Bonchev–Trinajstić information content (AvgIpc) is 3.01. The standard InChI is InChI=1S/C19H17BrN2O4/c1-25-13-5-3-12(4-6-13)11-22-18-15(20)8-7-14(19(24)26-2)17(18)16(21-22)9-10-23/h3-8,10H,9,11H2,1-2H3. The number of aldehydes is 1. The fraction of sp³-hybridized carbons (Fsp3) is 0.211. The van der Waals surface area contributed by atoms with Gasteiger partial charge in [-0.05, 0) is 45.8 Å². The molecule has 134 valence electrons. The Morgan fingerprint density at radius 1 is 1.19 bits per heavy atom. The van der Waals surface area contributed by atoms with Crippen LogP contribution in [0.25, 0.3) is 10.9 Å². The van der Waals surface area contributed by atoms with E-state index in [9.17, 15) is 9.59 Å². The number of methoxy groups -OCH3 is 2. The number of rotatable bonds is 6. The largest absolute Gasteiger partial charge is 0.497 e. The van der Waals surface area contributed by atoms with E-state index in [0.29, 0.717) is 23.2 Å².